The van der Waals surface area contributed by atoms with Gasteiger partial charge in [0.1, 0.15) is 0 Å². The van der Waals surface area contributed by atoms with Crippen LogP contribution in [0.5, 0.6) is 0 Å². The van der Waals surface area contributed by atoms with Gasteiger partial charge in [-0.2, -0.15) is 0 Å². The molecule has 0 aromatic carbocycles. The topological polar surface area (TPSA) is 38.9 Å². The van der Waals surface area contributed by atoms with E-state index in [0.717, 1.165) is 17.3 Å². The number of hydrogen-bond acceptors (Lipinski definition) is 3. The summed E-state index contributed by atoms with van der Waals surface area (Å²) in [4.78, 5) is 4.46. The highest BCUT2D eigenvalue weighted by Crippen LogP contribution is 2.28. The van der Waals surface area contributed by atoms with E-state index in [0.29, 0.717) is 6.04 Å². The van der Waals surface area contributed by atoms with E-state index in [-0.39, 0.29) is 0 Å². The molecule has 1 aromatic rings. The predicted octanol–water partition coefficient (Wildman–Crippen LogP) is 2.90. The molecule has 2 rings (SSSR count). The van der Waals surface area contributed by atoms with Gasteiger partial charge < -0.3 is 5.73 Å². The first-order valence-electron chi connectivity index (χ1n) is 5.90. The molecule has 1 aliphatic rings. The van der Waals surface area contributed by atoms with Gasteiger partial charge in [-0.05, 0) is 19.3 Å². The zero-order chi connectivity index (χ0) is 10.7. The number of thiazole rings is 1. The smallest absolute Gasteiger partial charge is 0.0897 e. The van der Waals surface area contributed by atoms with Crippen LogP contribution >= 0.6 is 11.3 Å². The molecule has 15 heavy (non-hydrogen) atoms. The Kier molecular flexibility index (Phi) is 3.76. The standard InChI is InChI=1S/C12H20N2S/c1-9-14-12(8-15-9)7-11(13)6-10-4-2-3-5-10/h8,10-11H,2-7,13H2,1H3. The van der Waals surface area contributed by atoms with Crippen LogP contribution in [0.2, 0.25) is 0 Å². The molecule has 0 amide bonds. The molecule has 84 valence electrons. The molecule has 0 bridgehead atoms. The summed E-state index contributed by atoms with van der Waals surface area (Å²) >= 11 is 1.72. The Hall–Kier alpha value is -0.410. The van der Waals surface area contributed by atoms with Crippen LogP contribution in [0.4, 0.5) is 0 Å². The molecule has 0 spiro atoms. The molecular weight excluding hydrogens is 204 g/mol. The predicted molar refractivity (Wildman–Crippen MR) is 65.1 cm³/mol. The summed E-state index contributed by atoms with van der Waals surface area (Å²) in [5.41, 5.74) is 7.34. The molecule has 2 nitrogen and oxygen atoms in total. The molecule has 1 atom stereocenters. The number of rotatable bonds is 4. The molecule has 1 aromatic heterocycles. The van der Waals surface area contributed by atoms with E-state index in [9.17, 15) is 0 Å². The highest BCUT2D eigenvalue weighted by Gasteiger charge is 2.18. The zero-order valence-electron chi connectivity index (χ0n) is 9.41. The van der Waals surface area contributed by atoms with E-state index in [4.69, 9.17) is 5.73 Å². The monoisotopic (exact) mass is 224 g/mol. The maximum absolute atomic E-state index is 6.16. The molecule has 3 heteroatoms. The quantitative estimate of drug-likeness (QED) is 0.854. The molecule has 0 radical (unpaired) electrons. The fourth-order valence-corrected chi connectivity index (χ4v) is 3.15. The van der Waals surface area contributed by atoms with Crippen LogP contribution in [-0.4, -0.2) is 11.0 Å². The van der Waals surface area contributed by atoms with Crippen molar-refractivity contribution in [3.63, 3.8) is 0 Å². The number of hydrogen-bond donors (Lipinski definition) is 1. The fourth-order valence-electron chi connectivity index (χ4n) is 2.53. The Bertz CT molecular complexity index is 302. The van der Waals surface area contributed by atoms with E-state index in [1.165, 1.54) is 37.8 Å². The summed E-state index contributed by atoms with van der Waals surface area (Å²) in [6.07, 6.45) is 7.76. The van der Waals surface area contributed by atoms with Crippen molar-refractivity contribution in [2.45, 2.75) is 51.5 Å². The van der Waals surface area contributed by atoms with Crippen LogP contribution in [-0.2, 0) is 6.42 Å². The maximum Gasteiger partial charge on any atom is 0.0897 e. The van der Waals surface area contributed by atoms with Crippen LogP contribution in [0, 0.1) is 12.8 Å². The number of aromatic nitrogens is 1. The van der Waals surface area contributed by atoms with Gasteiger partial charge in [0.15, 0.2) is 0 Å². The first kappa shape index (κ1) is 11.1. The largest absolute Gasteiger partial charge is 0.327 e. The van der Waals surface area contributed by atoms with E-state index in [1.807, 2.05) is 0 Å². The number of nitrogens with zero attached hydrogens (tertiary/aromatic N) is 1. The Morgan fingerprint density at radius 1 is 1.53 bits per heavy atom. The van der Waals surface area contributed by atoms with Gasteiger partial charge in [-0.25, -0.2) is 4.98 Å². The number of nitrogens with two attached hydrogens (primary N) is 1. The van der Waals surface area contributed by atoms with Gasteiger partial charge in [0.25, 0.3) is 0 Å². The minimum Gasteiger partial charge on any atom is -0.327 e. The molecule has 1 fully saturated rings. The first-order valence-corrected chi connectivity index (χ1v) is 6.78. The van der Waals surface area contributed by atoms with Gasteiger partial charge >= 0.3 is 0 Å². The summed E-state index contributed by atoms with van der Waals surface area (Å²) in [7, 11) is 0. The van der Waals surface area contributed by atoms with Crippen LogP contribution in [0.15, 0.2) is 5.38 Å². The molecule has 1 saturated carbocycles. The van der Waals surface area contributed by atoms with Crippen molar-refractivity contribution in [3.05, 3.63) is 16.1 Å². The summed E-state index contributed by atoms with van der Waals surface area (Å²) in [5.74, 6) is 0.889. The van der Waals surface area contributed by atoms with Crippen molar-refractivity contribution in [2.24, 2.45) is 11.7 Å². The molecule has 0 saturated heterocycles. The Balaban J connectivity index is 1.78. The van der Waals surface area contributed by atoms with Crippen molar-refractivity contribution in [2.75, 3.05) is 0 Å². The minimum absolute atomic E-state index is 0.314. The lowest BCUT2D eigenvalue weighted by molar-refractivity contribution is 0.439. The second kappa shape index (κ2) is 5.08. The average molecular weight is 224 g/mol. The first-order chi connectivity index (χ1) is 7.24. The Morgan fingerprint density at radius 3 is 2.87 bits per heavy atom. The molecule has 0 aliphatic heterocycles. The van der Waals surface area contributed by atoms with Crippen LogP contribution in [0.1, 0.15) is 42.8 Å². The summed E-state index contributed by atoms with van der Waals surface area (Å²) < 4.78 is 0. The summed E-state index contributed by atoms with van der Waals surface area (Å²) in [6, 6.07) is 0.314. The van der Waals surface area contributed by atoms with Crippen molar-refractivity contribution >= 4 is 11.3 Å². The number of aryl methyl sites for hydroxylation is 1. The van der Waals surface area contributed by atoms with Gasteiger partial charge in [-0.1, -0.05) is 25.7 Å². The highest BCUT2D eigenvalue weighted by atomic mass is 32.1. The third kappa shape index (κ3) is 3.28. The van der Waals surface area contributed by atoms with Gasteiger partial charge in [0.05, 0.1) is 10.7 Å². The summed E-state index contributed by atoms with van der Waals surface area (Å²) in [6.45, 7) is 2.05. The lowest BCUT2D eigenvalue weighted by Crippen LogP contribution is -2.25. The lowest BCUT2D eigenvalue weighted by Gasteiger charge is -2.14. The van der Waals surface area contributed by atoms with Crippen molar-refractivity contribution in [1.29, 1.82) is 0 Å². The maximum atomic E-state index is 6.16. The fraction of sp³-hybridized carbons (Fsp3) is 0.750. The van der Waals surface area contributed by atoms with Crippen molar-refractivity contribution in [1.82, 2.24) is 4.98 Å². The van der Waals surface area contributed by atoms with Gasteiger partial charge in [-0.15, -0.1) is 11.3 Å². The average Bonchev–Trinajstić information content (AvgIpc) is 2.77. The molecule has 1 unspecified atom stereocenters. The third-order valence-corrected chi connectivity index (χ3v) is 4.07. The van der Waals surface area contributed by atoms with Crippen molar-refractivity contribution in [3.8, 4) is 0 Å². The van der Waals surface area contributed by atoms with Gasteiger partial charge in [0.2, 0.25) is 0 Å². The normalized spacial score (nSPS) is 19.6. The SMILES string of the molecule is Cc1nc(CC(N)CC2CCCC2)cs1. The minimum atomic E-state index is 0.314. The molecule has 1 aliphatic carbocycles. The van der Waals surface area contributed by atoms with E-state index < -0.39 is 0 Å². The van der Waals surface area contributed by atoms with Gasteiger partial charge in [0, 0.05) is 17.8 Å². The molecule has 2 N–H and O–H groups in total. The molecule has 1 heterocycles. The van der Waals surface area contributed by atoms with E-state index in [1.54, 1.807) is 11.3 Å². The van der Waals surface area contributed by atoms with Crippen molar-refractivity contribution < 1.29 is 0 Å². The lowest BCUT2D eigenvalue weighted by atomic mass is 9.96. The second-order valence-electron chi connectivity index (χ2n) is 4.71. The second-order valence-corrected chi connectivity index (χ2v) is 5.77. The van der Waals surface area contributed by atoms with E-state index >= 15 is 0 Å². The van der Waals surface area contributed by atoms with Gasteiger partial charge in [-0.3, -0.25) is 0 Å². The molecular formula is C12H20N2S. The van der Waals surface area contributed by atoms with Crippen LogP contribution in [0.3, 0.4) is 0 Å². The Morgan fingerprint density at radius 2 is 2.27 bits per heavy atom. The van der Waals surface area contributed by atoms with Crippen LogP contribution < -0.4 is 5.73 Å². The third-order valence-electron chi connectivity index (χ3n) is 3.25. The zero-order valence-corrected chi connectivity index (χ0v) is 10.2. The van der Waals surface area contributed by atoms with E-state index in [2.05, 4.69) is 17.3 Å². The van der Waals surface area contributed by atoms with Crippen LogP contribution in [0.25, 0.3) is 0 Å². The Labute approximate surface area is 95.9 Å². The summed E-state index contributed by atoms with van der Waals surface area (Å²) in [5, 5.41) is 3.29. The highest BCUT2D eigenvalue weighted by molar-refractivity contribution is 7.09.